The highest BCUT2D eigenvalue weighted by atomic mass is 79.9. The Morgan fingerprint density at radius 3 is 3.06 bits per heavy atom. The summed E-state index contributed by atoms with van der Waals surface area (Å²) in [5, 5.41) is 3.49. The first-order chi connectivity index (χ1) is 8.24. The number of nitrogens with zero attached hydrogens (tertiary/aromatic N) is 2. The van der Waals surface area contributed by atoms with Gasteiger partial charge in [-0.25, -0.2) is 4.98 Å². The summed E-state index contributed by atoms with van der Waals surface area (Å²) in [5.74, 6) is 0.695. The van der Waals surface area contributed by atoms with Gasteiger partial charge in [0.2, 0.25) is 0 Å². The maximum atomic E-state index is 4.74. The average molecular weight is 312 g/mol. The van der Waals surface area contributed by atoms with Crippen LogP contribution in [0.5, 0.6) is 0 Å². The lowest BCUT2D eigenvalue weighted by Crippen LogP contribution is -2.37. The minimum absolute atomic E-state index is 0.613. The molecule has 1 saturated heterocycles. The second-order valence-corrected chi connectivity index (χ2v) is 7.81. The molecule has 0 aromatic carbocycles. The van der Waals surface area contributed by atoms with Gasteiger partial charge >= 0.3 is 0 Å². The highest BCUT2D eigenvalue weighted by molar-refractivity contribution is 9.11. The first-order valence-corrected chi connectivity index (χ1v) is 7.70. The monoisotopic (exact) mass is 311 g/mol. The van der Waals surface area contributed by atoms with Crippen molar-refractivity contribution in [2.45, 2.75) is 25.2 Å². The van der Waals surface area contributed by atoms with E-state index in [1.54, 1.807) is 11.3 Å². The summed E-state index contributed by atoms with van der Waals surface area (Å²) in [7, 11) is 0. The molecule has 90 valence electrons. The highest BCUT2D eigenvalue weighted by Gasteiger charge is 2.47. The Bertz CT molecular complexity index is 528. The van der Waals surface area contributed by atoms with Crippen LogP contribution in [0.4, 0.5) is 0 Å². The minimum Gasteiger partial charge on any atom is -0.316 e. The predicted octanol–water partition coefficient (Wildman–Crippen LogP) is 3.02. The number of rotatable bonds is 1. The van der Waals surface area contributed by atoms with Gasteiger partial charge in [0.1, 0.15) is 0 Å². The van der Waals surface area contributed by atoms with Crippen LogP contribution in [0.1, 0.15) is 30.9 Å². The van der Waals surface area contributed by atoms with E-state index in [1.807, 2.05) is 0 Å². The standard InChI is InChI=1S/C12H14BrN3S/c13-10-6-16-5-9(15-11(16)17-10)8-3-12(4-8)1-2-14-7-12/h5-6,8,14H,1-4,7H2. The predicted molar refractivity (Wildman–Crippen MR) is 72.7 cm³/mol. The third kappa shape index (κ3) is 1.59. The van der Waals surface area contributed by atoms with Crippen LogP contribution in [-0.4, -0.2) is 22.5 Å². The zero-order valence-corrected chi connectivity index (χ0v) is 11.9. The van der Waals surface area contributed by atoms with E-state index < -0.39 is 0 Å². The first kappa shape index (κ1) is 10.5. The Hall–Kier alpha value is -0.390. The van der Waals surface area contributed by atoms with Crippen LogP contribution in [-0.2, 0) is 0 Å². The summed E-state index contributed by atoms with van der Waals surface area (Å²) in [5.41, 5.74) is 1.91. The molecule has 4 rings (SSSR count). The van der Waals surface area contributed by atoms with E-state index in [1.165, 1.54) is 38.0 Å². The highest BCUT2D eigenvalue weighted by Crippen LogP contribution is 2.54. The summed E-state index contributed by atoms with van der Waals surface area (Å²) in [6.45, 7) is 2.43. The third-order valence-corrected chi connectivity index (χ3v) is 5.73. The Morgan fingerprint density at radius 2 is 2.35 bits per heavy atom. The van der Waals surface area contributed by atoms with E-state index in [0.29, 0.717) is 11.3 Å². The molecule has 2 aromatic rings. The summed E-state index contributed by atoms with van der Waals surface area (Å²) in [6, 6.07) is 0. The molecule has 2 aliphatic rings. The number of halogens is 1. The average Bonchev–Trinajstić information content (AvgIpc) is 2.86. The molecular weight excluding hydrogens is 298 g/mol. The number of hydrogen-bond acceptors (Lipinski definition) is 3. The molecule has 2 fully saturated rings. The summed E-state index contributed by atoms with van der Waals surface area (Å²) >= 11 is 5.20. The Balaban J connectivity index is 1.57. The minimum atomic E-state index is 0.613. The van der Waals surface area contributed by atoms with Crippen LogP contribution in [0.25, 0.3) is 4.96 Å². The van der Waals surface area contributed by atoms with Gasteiger partial charge in [0.25, 0.3) is 0 Å². The second-order valence-electron chi connectivity index (χ2n) is 5.42. The molecule has 0 atom stereocenters. The number of nitrogens with one attached hydrogen (secondary N) is 1. The molecule has 1 N–H and O–H groups in total. The van der Waals surface area contributed by atoms with Crippen molar-refractivity contribution in [1.29, 1.82) is 0 Å². The van der Waals surface area contributed by atoms with Gasteiger partial charge in [0.05, 0.1) is 9.48 Å². The fraction of sp³-hybridized carbons (Fsp3) is 0.583. The van der Waals surface area contributed by atoms with Gasteiger partial charge in [-0.15, -0.1) is 0 Å². The van der Waals surface area contributed by atoms with Gasteiger partial charge in [-0.05, 0) is 47.2 Å². The van der Waals surface area contributed by atoms with Gasteiger partial charge in [-0.1, -0.05) is 11.3 Å². The quantitative estimate of drug-likeness (QED) is 0.877. The van der Waals surface area contributed by atoms with E-state index in [2.05, 4.69) is 38.0 Å². The molecular formula is C12H14BrN3S. The molecule has 3 heterocycles. The molecule has 0 amide bonds. The lowest BCUT2D eigenvalue weighted by atomic mass is 9.60. The van der Waals surface area contributed by atoms with Crippen LogP contribution < -0.4 is 5.32 Å². The lowest BCUT2D eigenvalue weighted by molar-refractivity contribution is 0.125. The van der Waals surface area contributed by atoms with Crippen molar-refractivity contribution >= 4 is 32.2 Å². The number of aromatic nitrogens is 2. The van der Waals surface area contributed by atoms with E-state index in [9.17, 15) is 0 Å². The molecule has 1 aliphatic heterocycles. The van der Waals surface area contributed by atoms with Crippen LogP contribution in [0.15, 0.2) is 16.2 Å². The van der Waals surface area contributed by atoms with Crippen LogP contribution >= 0.6 is 27.3 Å². The fourth-order valence-electron chi connectivity index (χ4n) is 3.32. The lowest BCUT2D eigenvalue weighted by Gasteiger charge is -2.44. The molecule has 1 aliphatic carbocycles. The molecule has 2 aromatic heterocycles. The maximum Gasteiger partial charge on any atom is 0.194 e. The number of fused-ring (bicyclic) bond motifs is 1. The molecule has 0 unspecified atom stereocenters. The molecule has 0 bridgehead atoms. The Kier molecular flexibility index (Phi) is 2.20. The maximum absolute atomic E-state index is 4.74. The van der Waals surface area contributed by atoms with E-state index >= 15 is 0 Å². The summed E-state index contributed by atoms with van der Waals surface area (Å²) in [4.78, 5) is 5.85. The van der Waals surface area contributed by atoms with Crippen molar-refractivity contribution in [2.75, 3.05) is 13.1 Å². The largest absolute Gasteiger partial charge is 0.316 e. The van der Waals surface area contributed by atoms with Gasteiger partial charge in [0, 0.05) is 24.9 Å². The first-order valence-electron chi connectivity index (χ1n) is 6.09. The van der Waals surface area contributed by atoms with Crippen molar-refractivity contribution in [1.82, 2.24) is 14.7 Å². The smallest absolute Gasteiger partial charge is 0.194 e. The fourth-order valence-corrected chi connectivity index (χ4v) is 4.68. The number of thiazole rings is 1. The van der Waals surface area contributed by atoms with Crippen LogP contribution in [0.3, 0.4) is 0 Å². The normalized spacial score (nSPS) is 32.4. The molecule has 1 saturated carbocycles. The van der Waals surface area contributed by atoms with Gasteiger partial charge in [-0.2, -0.15) is 0 Å². The molecule has 3 nitrogen and oxygen atoms in total. The summed E-state index contributed by atoms with van der Waals surface area (Å²) < 4.78 is 3.29. The zero-order valence-electron chi connectivity index (χ0n) is 9.45. The Labute approximate surface area is 112 Å². The van der Waals surface area contributed by atoms with Gasteiger partial charge < -0.3 is 5.32 Å². The van der Waals surface area contributed by atoms with Crippen molar-refractivity contribution < 1.29 is 0 Å². The van der Waals surface area contributed by atoms with Crippen LogP contribution in [0, 0.1) is 5.41 Å². The second kappa shape index (κ2) is 3.56. The van der Waals surface area contributed by atoms with Crippen molar-refractivity contribution in [3.8, 4) is 0 Å². The van der Waals surface area contributed by atoms with E-state index in [4.69, 9.17) is 4.98 Å². The molecule has 5 heteroatoms. The number of imidazole rings is 1. The zero-order chi connectivity index (χ0) is 11.5. The molecule has 1 spiro atoms. The van der Waals surface area contributed by atoms with E-state index in [-0.39, 0.29) is 0 Å². The Morgan fingerprint density at radius 1 is 1.47 bits per heavy atom. The van der Waals surface area contributed by atoms with Gasteiger partial charge in [0.15, 0.2) is 4.96 Å². The van der Waals surface area contributed by atoms with Crippen molar-refractivity contribution in [3.63, 3.8) is 0 Å². The summed E-state index contributed by atoms with van der Waals surface area (Å²) in [6.07, 6.45) is 8.31. The van der Waals surface area contributed by atoms with E-state index in [0.717, 1.165) is 8.75 Å². The number of hydrogen-bond donors (Lipinski definition) is 1. The molecule has 17 heavy (non-hydrogen) atoms. The van der Waals surface area contributed by atoms with Gasteiger partial charge in [-0.3, -0.25) is 4.40 Å². The van der Waals surface area contributed by atoms with Crippen molar-refractivity contribution in [3.05, 3.63) is 21.9 Å². The van der Waals surface area contributed by atoms with Crippen LogP contribution in [0.2, 0.25) is 0 Å². The van der Waals surface area contributed by atoms with Crippen molar-refractivity contribution in [2.24, 2.45) is 5.41 Å². The third-order valence-electron chi connectivity index (χ3n) is 4.26. The topological polar surface area (TPSA) is 29.3 Å². The SMILES string of the molecule is Brc1cn2cc(C3CC4(CCNC4)C3)nc2s1. The molecule has 0 radical (unpaired) electrons.